The molecule has 0 atom stereocenters. The topological polar surface area (TPSA) is 102 Å². The molecule has 0 bridgehead atoms. The van der Waals surface area contributed by atoms with Crippen LogP contribution in [-0.2, 0) is 9.84 Å². The first-order valence-electron chi connectivity index (χ1n) is 7.21. The SMILES string of the molecule is CS(=O)(=O)c1cccc2c(Nc3cccc(Cl)c3)c(C(N)=O)cnc12. The van der Waals surface area contributed by atoms with E-state index in [0.29, 0.717) is 21.8 Å². The summed E-state index contributed by atoms with van der Waals surface area (Å²) in [5.41, 5.74) is 6.88. The van der Waals surface area contributed by atoms with Crippen LogP contribution in [0.3, 0.4) is 0 Å². The van der Waals surface area contributed by atoms with Gasteiger partial charge >= 0.3 is 0 Å². The number of anilines is 2. The minimum Gasteiger partial charge on any atom is -0.365 e. The van der Waals surface area contributed by atoms with Crippen LogP contribution in [0.5, 0.6) is 0 Å². The van der Waals surface area contributed by atoms with Crippen molar-refractivity contribution in [3.05, 3.63) is 59.2 Å². The van der Waals surface area contributed by atoms with Gasteiger partial charge in [0.1, 0.15) is 0 Å². The Labute approximate surface area is 149 Å². The normalized spacial score (nSPS) is 11.4. The van der Waals surface area contributed by atoms with Crippen LogP contribution in [0.1, 0.15) is 10.4 Å². The molecule has 0 saturated carbocycles. The largest absolute Gasteiger partial charge is 0.365 e. The molecule has 0 radical (unpaired) electrons. The van der Waals surface area contributed by atoms with Gasteiger partial charge in [0, 0.05) is 28.5 Å². The first kappa shape index (κ1) is 17.2. The molecule has 1 amide bonds. The maximum atomic E-state index is 12.0. The molecule has 0 aliphatic carbocycles. The van der Waals surface area contributed by atoms with E-state index in [1.807, 2.05) is 0 Å². The van der Waals surface area contributed by atoms with E-state index in [4.69, 9.17) is 17.3 Å². The molecule has 2 aromatic carbocycles. The molecule has 0 fully saturated rings. The third kappa shape index (κ3) is 3.42. The van der Waals surface area contributed by atoms with Crippen LogP contribution < -0.4 is 11.1 Å². The lowest BCUT2D eigenvalue weighted by Crippen LogP contribution is -2.14. The van der Waals surface area contributed by atoms with Crippen LogP contribution in [0.15, 0.2) is 53.6 Å². The molecule has 0 aliphatic rings. The second-order valence-corrected chi connectivity index (χ2v) is 7.89. The predicted octanol–water partition coefficient (Wildman–Crippen LogP) is 3.13. The lowest BCUT2D eigenvalue weighted by Gasteiger charge is -2.14. The van der Waals surface area contributed by atoms with Gasteiger partial charge in [-0.3, -0.25) is 9.78 Å². The Kier molecular flexibility index (Phi) is 4.36. The van der Waals surface area contributed by atoms with Gasteiger partial charge in [-0.1, -0.05) is 29.8 Å². The van der Waals surface area contributed by atoms with Crippen molar-refractivity contribution in [3.63, 3.8) is 0 Å². The van der Waals surface area contributed by atoms with Gasteiger partial charge in [0.2, 0.25) is 0 Å². The molecule has 0 saturated heterocycles. The number of hydrogen-bond donors (Lipinski definition) is 2. The number of rotatable bonds is 4. The highest BCUT2D eigenvalue weighted by atomic mass is 35.5. The molecule has 0 aliphatic heterocycles. The molecule has 8 heteroatoms. The summed E-state index contributed by atoms with van der Waals surface area (Å²) in [4.78, 5) is 16.0. The maximum absolute atomic E-state index is 12.0. The van der Waals surface area contributed by atoms with Gasteiger partial charge in [0.15, 0.2) is 9.84 Å². The Hall–Kier alpha value is -2.64. The number of carbonyl (C=O) groups excluding carboxylic acids is 1. The monoisotopic (exact) mass is 375 g/mol. The molecule has 128 valence electrons. The number of fused-ring (bicyclic) bond motifs is 1. The third-order valence-corrected chi connectivity index (χ3v) is 4.98. The summed E-state index contributed by atoms with van der Waals surface area (Å²) in [7, 11) is -3.49. The van der Waals surface area contributed by atoms with Crippen LogP contribution in [0.2, 0.25) is 5.02 Å². The van der Waals surface area contributed by atoms with Crippen molar-refractivity contribution < 1.29 is 13.2 Å². The fourth-order valence-corrected chi connectivity index (χ4v) is 3.56. The Morgan fingerprint density at radius 2 is 1.92 bits per heavy atom. The van der Waals surface area contributed by atoms with Crippen molar-refractivity contribution in [2.45, 2.75) is 4.90 Å². The molecule has 6 nitrogen and oxygen atoms in total. The van der Waals surface area contributed by atoms with Crippen molar-refractivity contribution in [3.8, 4) is 0 Å². The average Bonchev–Trinajstić information content (AvgIpc) is 2.53. The summed E-state index contributed by atoms with van der Waals surface area (Å²) >= 11 is 5.99. The summed E-state index contributed by atoms with van der Waals surface area (Å²) < 4.78 is 24.0. The number of carbonyl (C=O) groups is 1. The smallest absolute Gasteiger partial charge is 0.252 e. The number of nitrogens with two attached hydrogens (primary N) is 1. The van der Waals surface area contributed by atoms with Crippen molar-refractivity contribution in [1.82, 2.24) is 4.98 Å². The number of halogens is 1. The number of pyridine rings is 1. The predicted molar refractivity (Wildman–Crippen MR) is 98.1 cm³/mol. The molecule has 25 heavy (non-hydrogen) atoms. The van der Waals surface area contributed by atoms with Gasteiger partial charge in [-0.05, 0) is 24.3 Å². The van der Waals surface area contributed by atoms with Gasteiger partial charge in [-0.15, -0.1) is 0 Å². The van der Waals surface area contributed by atoms with Crippen LogP contribution in [0.4, 0.5) is 11.4 Å². The number of amides is 1. The minimum atomic E-state index is -3.49. The molecule has 0 spiro atoms. The summed E-state index contributed by atoms with van der Waals surface area (Å²) in [6, 6.07) is 11.7. The number of nitrogens with one attached hydrogen (secondary N) is 1. The van der Waals surface area contributed by atoms with Crippen molar-refractivity contribution in [2.75, 3.05) is 11.6 Å². The van der Waals surface area contributed by atoms with Gasteiger partial charge in [-0.2, -0.15) is 0 Å². The summed E-state index contributed by atoms with van der Waals surface area (Å²) in [6.07, 6.45) is 2.38. The summed E-state index contributed by atoms with van der Waals surface area (Å²) in [5.74, 6) is -0.677. The van der Waals surface area contributed by atoms with Gasteiger partial charge in [0.25, 0.3) is 5.91 Å². The molecule has 3 aromatic rings. The zero-order valence-corrected chi connectivity index (χ0v) is 14.7. The Bertz CT molecular complexity index is 1100. The molecule has 0 unspecified atom stereocenters. The lowest BCUT2D eigenvalue weighted by atomic mass is 10.1. The molecule has 3 rings (SSSR count). The van der Waals surface area contributed by atoms with Crippen LogP contribution in [0, 0.1) is 0 Å². The highest BCUT2D eigenvalue weighted by Gasteiger charge is 2.19. The molecular formula is C17H14ClN3O3S. The van der Waals surface area contributed by atoms with E-state index in [1.165, 1.54) is 12.3 Å². The Balaban J connectivity index is 2.30. The summed E-state index contributed by atoms with van der Waals surface area (Å²) in [6.45, 7) is 0. The highest BCUT2D eigenvalue weighted by Crippen LogP contribution is 2.32. The standard InChI is InChI=1S/C17H14ClN3O3S/c1-25(23,24)14-7-3-6-12-15(13(17(19)22)9-20-16(12)14)21-11-5-2-4-10(18)8-11/h2-9H,1H3,(H2,19,22)(H,20,21). The fourth-order valence-electron chi connectivity index (χ4n) is 2.53. The number of benzene rings is 2. The average molecular weight is 376 g/mol. The van der Waals surface area contributed by atoms with E-state index in [9.17, 15) is 13.2 Å². The number of hydrogen-bond acceptors (Lipinski definition) is 5. The third-order valence-electron chi connectivity index (χ3n) is 3.62. The molecule has 3 N–H and O–H groups in total. The highest BCUT2D eigenvalue weighted by molar-refractivity contribution is 7.91. The Morgan fingerprint density at radius 3 is 2.56 bits per heavy atom. The van der Waals surface area contributed by atoms with Crippen molar-refractivity contribution in [1.29, 1.82) is 0 Å². The minimum absolute atomic E-state index is 0.0789. The molecule has 1 heterocycles. The van der Waals surface area contributed by atoms with E-state index in [1.54, 1.807) is 36.4 Å². The van der Waals surface area contributed by atoms with Gasteiger partial charge < -0.3 is 11.1 Å². The van der Waals surface area contributed by atoms with Crippen LogP contribution in [0.25, 0.3) is 10.9 Å². The number of para-hydroxylation sites is 1. The molecule has 1 aromatic heterocycles. The number of nitrogens with zero attached hydrogens (tertiary/aromatic N) is 1. The number of sulfone groups is 1. The summed E-state index contributed by atoms with van der Waals surface area (Å²) in [5, 5.41) is 4.08. The quantitative estimate of drug-likeness (QED) is 0.729. The fraction of sp³-hybridized carbons (Fsp3) is 0.0588. The van der Waals surface area contributed by atoms with E-state index in [-0.39, 0.29) is 16.0 Å². The van der Waals surface area contributed by atoms with Crippen LogP contribution >= 0.6 is 11.6 Å². The van der Waals surface area contributed by atoms with Crippen LogP contribution in [-0.4, -0.2) is 25.6 Å². The Morgan fingerprint density at radius 1 is 1.20 bits per heavy atom. The zero-order chi connectivity index (χ0) is 18.2. The lowest BCUT2D eigenvalue weighted by molar-refractivity contribution is 0.100. The first-order chi connectivity index (χ1) is 11.8. The van der Waals surface area contributed by atoms with E-state index in [0.717, 1.165) is 6.26 Å². The zero-order valence-electron chi connectivity index (χ0n) is 13.2. The van der Waals surface area contributed by atoms with E-state index >= 15 is 0 Å². The van der Waals surface area contributed by atoms with Crippen molar-refractivity contribution in [2.24, 2.45) is 5.73 Å². The van der Waals surface area contributed by atoms with E-state index in [2.05, 4.69) is 10.3 Å². The molecular weight excluding hydrogens is 362 g/mol. The number of aromatic nitrogens is 1. The van der Waals surface area contributed by atoms with Gasteiger partial charge in [-0.25, -0.2) is 8.42 Å². The van der Waals surface area contributed by atoms with E-state index < -0.39 is 15.7 Å². The maximum Gasteiger partial charge on any atom is 0.252 e. The van der Waals surface area contributed by atoms with Crippen molar-refractivity contribution >= 4 is 49.6 Å². The first-order valence-corrected chi connectivity index (χ1v) is 9.48. The second-order valence-electron chi connectivity index (χ2n) is 5.47. The number of primary amides is 1. The second kappa shape index (κ2) is 6.34. The van der Waals surface area contributed by atoms with Gasteiger partial charge in [0.05, 0.1) is 21.7 Å².